The first-order valence-corrected chi connectivity index (χ1v) is 12.0. The van der Waals surface area contributed by atoms with Crippen LogP contribution in [0.3, 0.4) is 0 Å². The van der Waals surface area contributed by atoms with Gasteiger partial charge in [0, 0.05) is 0 Å². The summed E-state index contributed by atoms with van der Waals surface area (Å²) < 4.78 is 29.0. The minimum Gasteiger partial charge on any atom is -0.496 e. The predicted octanol–water partition coefficient (Wildman–Crippen LogP) is 6.01. The maximum Gasteiger partial charge on any atom is 0.324 e. The fourth-order valence-electron chi connectivity index (χ4n) is 4.56. The number of methoxy groups -OCH3 is 2. The summed E-state index contributed by atoms with van der Waals surface area (Å²) >= 11 is 0. The van der Waals surface area contributed by atoms with Gasteiger partial charge >= 0.3 is 5.97 Å². The van der Waals surface area contributed by atoms with Gasteiger partial charge in [0.2, 0.25) is 0 Å². The van der Waals surface area contributed by atoms with Gasteiger partial charge in [-0.3, -0.25) is 14.2 Å². The van der Waals surface area contributed by atoms with Gasteiger partial charge in [-0.25, -0.2) is 0 Å². The summed E-state index contributed by atoms with van der Waals surface area (Å²) in [6, 6.07) is 5.15. The average Bonchev–Trinajstić information content (AvgIpc) is 2.82. The molecular formula is C24H35O6P. The predicted molar refractivity (Wildman–Crippen MR) is 121 cm³/mol. The molecule has 2 rings (SSSR count). The summed E-state index contributed by atoms with van der Waals surface area (Å²) in [4.78, 5) is 27.3. The van der Waals surface area contributed by atoms with E-state index in [2.05, 4.69) is 6.92 Å². The van der Waals surface area contributed by atoms with Crippen molar-refractivity contribution in [3.8, 4) is 11.5 Å². The molecule has 0 saturated heterocycles. The Morgan fingerprint density at radius 3 is 2.16 bits per heavy atom. The van der Waals surface area contributed by atoms with Crippen molar-refractivity contribution >= 4 is 20.2 Å². The van der Waals surface area contributed by atoms with Crippen LogP contribution in [-0.2, 0) is 14.1 Å². The molecule has 0 amide bonds. The molecule has 1 atom stereocenters. The van der Waals surface area contributed by atoms with E-state index < -0.39 is 25.0 Å². The third-order valence-corrected chi connectivity index (χ3v) is 7.52. The Morgan fingerprint density at radius 2 is 1.65 bits per heavy atom. The largest absolute Gasteiger partial charge is 0.496 e. The maximum absolute atomic E-state index is 14.1. The van der Waals surface area contributed by atoms with E-state index in [0.29, 0.717) is 29.9 Å². The highest BCUT2D eigenvalue weighted by molar-refractivity contribution is 7.28. The molecule has 1 fully saturated rings. The van der Waals surface area contributed by atoms with Gasteiger partial charge < -0.3 is 14.2 Å². The Morgan fingerprint density at radius 1 is 1.03 bits per heavy atom. The Labute approximate surface area is 187 Å². The fourth-order valence-corrected chi connectivity index (χ4v) is 5.20. The number of esters is 1. The third-order valence-electron chi connectivity index (χ3n) is 6.54. The molecule has 0 heterocycles. The number of carbonyl (C=O) groups is 2. The van der Waals surface area contributed by atoms with Crippen molar-refractivity contribution < 1.29 is 28.4 Å². The number of Topliss-reactive ketones (excluding diaryl/α,β-unsaturated/α-hetero) is 1. The van der Waals surface area contributed by atoms with Crippen molar-refractivity contribution in [1.82, 2.24) is 0 Å². The Hall–Kier alpha value is -1.94. The minimum absolute atomic E-state index is 0.268. The summed E-state index contributed by atoms with van der Waals surface area (Å²) in [5.41, 5.74) is -0.864. The lowest BCUT2D eigenvalue weighted by molar-refractivity contribution is -0.150. The van der Waals surface area contributed by atoms with Crippen LogP contribution in [0.2, 0.25) is 0 Å². The third kappa shape index (κ3) is 5.11. The second-order valence-electron chi connectivity index (χ2n) is 8.37. The second kappa shape index (κ2) is 11.6. The van der Waals surface area contributed by atoms with Gasteiger partial charge in [-0.05, 0) is 38.3 Å². The molecule has 7 heteroatoms. The quantitative estimate of drug-likeness (QED) is 0.168. The van der Waals surface area contributed by atoms with Crippen molar-refractivity contribution in [2.24, 2.45) is 5.41 Å². The number of benzene rings is 1. The van der Waals surface area contributed by atoms with E-state index in [4.69, 9.17) is 14.2 Å². The molecule has 1 aromatic carbocycles. The lowest BCUT2D eigenvalue weighted by Crippen LogP contribution is -2.54. The van der Waals surface area contributed by atoms with Crippen LogP contribution in [0.25, 0.3) is 0 Å². The van der Waals surface area contributed by atoms with E-state index in [0.717, 1.165) is 44.9 Å². The molecule has 0 spiro atoms. The van der Waals surface area contributed by atoms with Crippen molar-refractivity contribution in [3.05, 3.63) is 23.8 Å². The van der Waals surface area contributed by atoms with Crippen LogP contribution in [-0.4, -0.2) is 37.7 Å². The molecule has 31 heavy (non-hydrogen) atoms. The van der Waals surface area contributed by atoms with E-state index in [1.165, 1.54) is 14.2 Å². The number of hydrogen-bond acceptors (Lipinski definition) is 6. The molecule has 1 aromatic rings. The molecule has 1 saturated carbocycles. The summed E-state index contributed by atoms with van der Waals surface area (Å²) in [6.45, 7) is 3.98. The Kier molecular flexibility index (Phi) is 9.49. The highest BCUT2D eigenvalue weighted by Gasteiger charge is 2.60. The van der Waals surface area contributed by atoms with Gasteiger partial charge in [0.05, 0.1) is 26.2 Å². The molecule has 1 unspecified atom stereocenters. The number of rotatable bonds is 12. The van der Waals surface area contributed by atoms with E-state index in [1.54, 1.807) is 25.1 Å². The van der Waals surface area contributed by atoms with Crippen LogP contribution in [0.1, 0.15) is 82.0 Å². The molecule has 1 aliphatic rings. The molecule has 0 aromatic heterocycles. The van der Waals surface area contributed by atoms with E-state index in [9.17, 15) is 14.2 Å². The van der Waals surface area contributed by atoms with Crippen molar-refractivity contribution in [1.29, 1.82) is 0 Å². The molecular weight excluding hydrogens is 415 g/mol. The fraction of sp³-hybridized carbons (Fsp3) is 0.667. The summed E-state index contributed by atoms with van der Waals surface area (Å²) in [5.74, 6) is -0.0839. The van der Waals surface area contributed by atoms with Gasteiger partial charge in [0.25, 0.3) is 0 Å². The standard InChI is InChI=1S/C24H35O6P/c1-5-6-7-11-17-30-22(26)23(2,31-27)24(15-9-8-10-16-24)21(25)20-18(28-3)13-12-14-19(20)29-4/h12-14H,5-11,15-17H2,1-4H3. The van der Waals surface area contributed by atoms with E-state index in [1.807, 2.05) is 0 Å². The highest BCUT2D eigenvalue weighted by atomic mass is 31.1. The molecule has 172 valence electrons. The minimum atomic E-state index is -1.48. The molecule has 0 N–H and O–H groups in total. The van der Waals surface area contributed by atoms with Crippen molar-refractivity contribution in [3.63, 3.8) is 0 Å². The first-order chi connectivity index (χ1) is 14.9. The Balaban J connectivity index is 2.46. The molecule has 0 aliphatic heterocycles. The van der Waals surface area contributed by atoms with Crippen molar-refractivity contribution in [2.45, 2.75) is 76.8 Å². The van der Waals surface area contributed by atoms with Crippen molar-refractivity contribution in [2.75, 3.05) is 20.8 Å². The first-order valence-electron chi connectivity index (χ1n) is 11.2. The first kappa shape index (κ1) is 25.3. The van der Waals surface area contributed by atoms with Gasteiger partial charge in [-0.1, -0.05) is 51.5 Å². The summed E-state index contributed by atoms with van der Waals surface area (Å²) in [5, 5.41) is -1.48. The number of ether oxygens (including phenoxy) is 3. The van der Waals surface area contributed by atoms with Crippen LogP contribution < -0.4 is 9.47 Å². The zero-order chi connectivity index (χ0) is 22.9. The zero-order valence-corrected chi connectivity index (χ0v) is 20.1. The van der Waals surface area contributed by atoms with Crippen LogP contribution in [0.15, 0.2) is 18.2 Å². The SMILES string of the molecule is CCCCCCOC(=O)C(C)(P=O)C1(C(=O)c2c(OC)cccc2OC)CCCCC1. The van der Waals surface area contributed by atoms with Crippen LogP contribution in [0.5, 0.6) is 11.5 Å². The number of ketones is 1. The number of hydrogen-bond donors (Lipinski definition) is 0. The van der Waals surface area contributed by atoms with Crippen LogP contribution in [0.4, 0.5) is 0 Å². The average molecular weight is 451 g/mol. The van der Waals surface area contributed by atoms with Gasteiger partial charge in [-0.2, -0.15) is 0 Å². The lowest BCUT2D eigenvalue weighted by atomic mass is 9.61. The van der Waals surface area contributed by atoms with Gasteiger partial charge in [0.1, 0.15) is 17.1 Å². The van der Waals surface area contributed by atoms with Gasteiger partial charge in [0.15, 0.2) is 19.4 Å². The Bertz CT molecular complexity index is 749. The normalized spacial score (nSPS) is 17.5. The highest BCUT2D eigenvalue weighted by Crippen LogP contribution is 2.55. The second-order valence-corrected chi connectivity index (χ2v) is 9.45. The van der Waals surface area contributed by atoms with Crippen LogP contribution >= 0.6 is 8.46 Å². The smallest absolute Gasteiger partial charge is 0.324 e. The zero-order valence-electron chi connectivity index (χ0n) is 19.2. The maximum atomic E-state index is 14.1. The molecule has 1 aliphatic carbocycles. The molecule has 6 nitrogen and oxygen atoms in total. The number of unbranched alkanes of at least 4 members (excludes halogenated alkanes) is 3. The van der Waals surface area contributed by atoms with Crippen LogP contribution in [0, 0.1) is 5.41 Å². The monoisotopic (exact) mass is 450 g/mol. The molecule has 0 bridgehead atoms. The lowest BCUT2D eigenvalue weighted by Gasteiger charge is -2.44. The molecule has 0 radical (unpaired) electrons. The van der Waals surface area contributed by atoms with E-state index in [-0.39, 0.29) is 12.4 Å². The number of carbonyl (C=O) groups excluding carboxylic acids is 2. The summed E-state index contributed by atoms with van der Waals surface area (Å²) in [7, 11) is 2.58. The summed E-state index contributed by atoms with van der Waals surface area (Å²) in [6.07, 6.45) is 7.33. The van der Waals surface area contributed by atoms with E-state index >= 15 is 0 Å². The topological polar surface area (TPSA) is 78.9 Å². The van der Waals surface area contributed by atoms with Gasteiger partial charge in [-0.15, -0.1) is 0 Å².